The first-order valence-corrected chi connectivity index (χ1v) is 6.30. The number of aromatic carboxylic acids is 1. The predicted molar refractivity (Wildman–Crippen MR) is 65.8 cm³/mol. The Labute approximate surface area is 102 Å². The third-order valence-electron chi connectivity index (χ3n) is 2.94. The second-order valence-corrected chi connectivity index (χ2v) is 5.02. The summed E-state index contributed by atoms with van der Waals surface area (Å²) in [6.07, 6.45) is 5.43. The summed E-state index contributed by atoms with van der Waals surface area (Å²) < 4.78 is 0. The largest absolute Gasteiger partial charge is 0.477 e. The van der Waals surface area contributed by atoms with Gasteiger partial charge in [-0.3, -0.25) is 0 Å². The predicted octanol–water partition coefficient (Wildman–Crippen LogP) is 1.99. The lowest BCUT2D eigenvalue weighted by molar-refractivity contribution is 0.0704. The van der Waals surface area contributed by atoms with Gasteiger partial charge in [-0.1, -0.05) is 0 Å². The van der Waals surface area contributed by atoms with E-state index in [0.717, 1.165) is 36.3 Å². The van der Waals surface area contributed by atoms with Crippen molar-refractivity contribution in [1.82, 2.24) is 9.97 Å². The van der Waals surface area contributed by atoms with Gasteiger partial charge in [-0.15, -0.1) is 11.3 Å². The molecule has 1 saturated heterocycles. The van der Waals surface area contributed by atoms with E-state index in [-0.39, 0.29) is 0 Å². The second kappa shape index (κ2) is 3.96. The SMILES string of the molecule is O=C(O)c1sc(N2CCCC2)c2cncnc12. The zero-order valence-electron chi connectivity index (χ0n) is 9.09. The molecule has 17 heavy (non-hydrogen) atoms. The van der Waals surface area contributed by atoms with Crippen LogP contribution in [-0.4, -0.2) is 34.1 Å². The van der Waals surface area contributed by atoms with Crippen LogP contribution in [0.4, 0.5) is 5.00 Å². The number of rotatable bonds is 2. The molecule has 5 nitrogen and oxygen atoms in total. The quantitative estimate of drug-likeness (QED) is 0.881. The lowest BCUT2D eigenvalue weighted by Crippen LogP contribution is -2.16. The van der Waals surface area contributed by atoms with Gasteiger partial charge in [0.25, 0.3) is 0 Å². The highest BCUT2D eigenvalue weighted by Crippen LogP contribution is 2.38. The first-order valence-electron chi connectivity index (χ1n) is 5.48. The molecule has 0 unspecified atom stereocenters. The molecule has 0 amide bonds. The molecule has 0 bridgehead atoms. The van der Waals surface area contributed by atoms with Crippen molar-refractivity contribution < 1.29 is 9.90 Å². The summed E-state index contributed by atoms with van der Waals surface area (Å²) in [5, 5.41) is 11.0. The van der Waals surface area contributed by atoms with Crippen molar-refractivity contribution in [2.45, 2.75) is 12.8 Å². The van der Waals surface area contributed by atoms with Gasteiger partial charge in [0, 0.05) is 19.3 Å². The molecule has 0 saturated carbocycles. The number of carboxylic acids is 1. The van der Waals surface area contributed by atoms with Gasteiger partial charge in [0.05, 0.1) is 5.39 Å². The summed E-state index contributed by atoms with van der Waals surface area (Å²) in [7, 11) is 0. The fourth-order valence-electron chi connectivity index (χ4n) is 2.17. The minimum absolute atomic E-state index is 0.310. The molecule has 1 N–H and O–H groups in total. The molecular weight excluding hydrogens is 238 g/mol. The van der Waals surface area contributed by atoms with Crippen LogP contribution >= 0.6 is 11.3 Å². The van der Waals surface area contributed by atoms with Gasteiger partial charge in [-0.25, -0.2) is 14.8 Å². The Morgan fingerprint density at radius 1 is 1.41 bits per heavy atom. The summed E-state index contributed by atoms with van der Waals surface area (Å²) in [4.78, 5) is 21.8. The van der Waals surface area contributed by atoms with E-state index in [2.05, 4.69) is 14.9 Å². The Hall–Kier alpha value is -1.69. The van der Waals surface area contributed by atoms with E-state index in [0.29, 0.717) is 10.4 Å². The van der Waals surface area contributed by atoms with Crippen molar-refractivity contribution in [3.8, 4) is 0 Å². The number of hydrogen-bond acceptors (Lipinski definition) is 5. The maximum atomic E-state index is 11.2. The molecule has 3 heterocycles. The molecule has 0 spiro atoms. The molecule has 0 aromatic carbocycles. The number of carboxylic acid groups (broad SMARTS) is 1. The Bertz CT molecular complexity index is 575. The minimum Gasteiger partial charge on any atom is -0.477 e. The van der Waals surface area contributed by atoms with E-state index in [1.807, 2.05) is 0 Å². The highest BCUT2D eigenvalue weighted by atomic mass is 32.1. The highest BCUT2D eigenvalue weighted by Gasteiger charge is 2.23. The molecule has 6 heteroatoms. The molecule has 0 atom stereocenters. The molecule has 1 fully saturated rings. The lowest BCUT2D eigenvalue weighted by atomic mass is 10.3. The van der Waals surface area contributed by atoms with Gasteiger partial charge in [0.1, 0.15) is 21.7 Å². The van der Waals surface area contributed by atoms with Gasteiger partial charge in [0.2, 0.25) is 0 Å². The molecule has 1 aliphatic rings. The number of nitrogens with zero attached hydrogens (tertiary/aromatic N) is 3. The number of fused-ring (bicyclic) bond motifs is 1. The summed E-state index contributed by atoms with van der Waals surface area (Å²) >= 11 is 1.30. The Morgan fingerprint density at radius 3 is 2.88 bits per heavy atom. The molecule has 88 valence electrons. The zero-order valence-corrected chi connectivity index (χ0v) is 9.90. The summed E-state index contributed by atoms with van der Waals surface area (Å²) in [6.45, 7) is 1.98. The topological polar surface area (TPSA) is 66.3 Å². The van der Waals surface area contributed by atoms with E-state index in [1.165, 1.54) is 17.7 Å². The Morgan fingerprint density at radius 2 is 2.18 bits per heavy atom. The standard InChI is InChI=1S/C11H11N3O2S/c15-11(16)9-8-7(5-12-6-13-8)10(17-9)14-3-1-2-4-14/h5-6H,1-4H2,(H,15,16). The van der Waals surface area contributed by atoms with Crippen LogP contribution in [0.15, 0.2) is 12.5 Å². The van der Waals surface area contributed by atoms with E-state index in [9.17, 15) is 9.90 Å². The number of anilines is 1. The maximum absolute atomic E-state index is 11.2. The smallest absolute Gasteiger partial charge is 0.348 e. The van der Waals surface area contributed by atoms with E-state index in [4.69, 9.17) is 0 Å². The third-order valence-corrected chi connectivity index (χ3v) is 4.19. The van der Waals surface area contributed by atoms with E-state index >= 15 is 0 Å². The fraction of sp³-hybridized carbons (Fsp3) is 0.364. The number of aromatic nitrogens is 2. The number of thiophene rings is 1. The average molecular weight is 249 g/mol. The second-order valence-electron chi connectivity index (χ2n) is 4.02. The average Bonchev–Trinajstić information content (AvgIpc) is 2.95. The van der Waals surface area contributed by atoms with E-state index in [1.54, 1.807) is 6.20 Å². The van der Waals surface area contributed by atoms with Crippen molar-refractivity contribution in [3.05, 3.63) is 17.4 Å². The van der Waals surface area contributed by atoms with Crippen LogP contribution in [0.3, 0.4) is 0 Å². The summed E-state index contributed by atoms with van der Waals surface area (Å²) in [5.74, 6) is -0.913. The van der Waals surface area contributed by atoms with Crippen molar-refractivity contribution >= 4 is 33.2 Å². The first-order chi connectivity index (χ1) is 8.27. The van der Waals surface area contributed by atoms with Gasteiger partial charge < -0.3 is 10.0 Å². The molecule has 2 aromatic rings. The van der Waals surface area contributed by atoms with Crippen LogP contribution in [0.1, 0.15) is 22.5 Å². The monoisotopic (exact) mass is 249 g/mol. The Kier molecular flexibility index (Phi) is 2.44. The zero-order chi connectivity index (χ0) is 11.8. The molecule has 1 aliphatic heterocycles. The van der Waals surface area contributed by atoms with Crippen LogP contribution in [0.2, 0.25) is 0 Å². The third kappa shape index (κ3) is 1.64. The fourth-order valence-corrected chi connectivity index (χ4v) is 3.28. The Balaban J connectivity index is 2.20. The molecule has 3 rings (SSSR count). The van der Waals surface area contributed by atoms with Crippen molar-refractivity contribution in [1.29, 1.82) is 0 Å². The van der Waals surface area contributed by atoms with Crippen LogP contribution < -0.4 is 4.90 Å². The van der Waals surface area contributed by atoms with Gasteiger partial charge in [-0.05, 0) is 12.8 Å². The van der Waals surface area contributed by atoms with E-state index < -0.39 is 5.97 Å². The van der Waals surface area contributed by atoms with Crippen LogP contribution in [0.25, 0.3) is 10.9 Å². The highest BCUT2D eigenvalue weighted by molar-refractivity contribution is 7.19. The van der Waals surface area contributed by atoms with Crippen LogP contribution in [-0.2, 0) is 0 Å². The lowest BCUT2D eigenvalue weighted by Gasteiger charge is -2.14. The molecule has 0 aliphatic carbocycles. The summed E-state index contributed by atoms with van der Waals surface area (Å²) in [6, 6.07) is 0. The normalized spacial score (nSPS) is 15.6. The van der Waals surface area contributed by atoms with Crippen molar-refractivity contribution in [3.63, 3.8) is 0 Å². The first kappa shape index (κ1) is 10.5. The number of carbonyl (C=O) groups is 1. The molecule has 0 radical (unpaired) electrons. The van der Waals surface area contributed by atoms with Gasteiger partial charge in [0.15, 0.2) is 0 Å². The van der Waals surface area contributed by atoms with Crippen molar-refractivity contribution in [2.24, 2.45) is 0 Å². The minimum atomic E-state index is -0.913. The van der Waals surface area contributed by atoms with Crippen LogP contribution in [0.5, 0.6) is 0 Å². The molecule has 2 aromatic heterocycles. The van der Waals surface area contributed by atoms with Gasteiger partial charge in [-0.2, -0.15) is 0 Å². The van der Waals surface area contributed by atoms with Crippen molar-refractivity contribution in [2.75, 3.05) is 18.0 Å². The maximum Gasteiger partial charge on any atom is 0.348 e. The van der Waals surface area contributed by atoms with Gasteiger partial charge >= 0.3 is 5.97 Å². The summed E-state index contributed by atoms with van der Waals surface area (Å²) in [5.41, 5.74) is 0.555. The van der Waals surface area contributed by atoms with Crippen LogP contribution in [0, 0.1) is 0 Å². The number of hydrogen-bond donors (Lipinski definition) is 1. The molecular formula is C11H11N3O2S.